The van der Waals surface area contributed by atoms with Crippen LogP contribution in [0.15, 0.2) is 53.4 Å². The molecule has 160 valence electrons. The van der Waals surface area contributed by atoms with E-state index in [4.69, 9.17) is 5.73 Å². The predicted octanol–water partition coefficient (Wildman–Crippen LogP) is 1.64. The summed E-state index contributed by atoms with van der Waals surface area (Å²) in [5.41, 5.74) is 7.27. The smallest absolute Gasteiger partial charge is 0.255 e. The van der Waals surface area contributed by atoms with E-state index in [0.717, 1.165) is 29.3 Å². The summed E-state index contributed by atoms with van der Waals surface area (Å²) in [6, 6.07) is 13.0. The molecule has 1 unspecified atom stereocenters. The number of carbonyl (C=O) groups excluding carboxylic acids is 2. The first kappa shape index (κ1) is 21.9. The zero-order valence-electron chi connectivity index (χ0n) is 17.0. The number of hydrogen-bond acceptors (Lipinski definition) is 5. The van der Waals surface area contributed by atoms with Crippen LogP contribution < -0.4 is 11.1 Å². The van der Waals surface area contributed by atoms with Gasteiger partial charge in [-0.05, 0) is 55.3 Å². The van der Waals surface area contributed by atoms with E-state index >= 15 is 0 Å². The number of nitrogens with zero attached hydrogens (tertiary/aromatic N) is 2. The van der Waals surface area contributed by atoms with Crippen molar-refractivity contribution in [2.75, 3.05) is 26.0 Å². The molecule has 2 amide bonds. The lowest BCUT2D eigenvalue weighted by atomic mass is 10.1. The molecule has 1 atom stereocenters. The van der Waals surface area contributed by atoms with Gasteiger partial charge >= 0.3 is 0 Å². The van der Waals surface area contributed by atoms with E-state index < -0.39 is 15.9 Å². The molecule has 3 N–H and O–H groups in total. The van der Waals surface area contributed by atoms with E-state index in [2.05, 4.69) is 5.32 Å². The van der Waals surface area contributed by atoms with E-state index in [1.165, 1.54) is 26.2 Å². The molecule has 0 saturated carbocycles. The summed E-state index contributed by atoms with van der Waals surface area (Å²) < 4.78 is 25.7. The summed E-state index contributed by atoms with van der Waals surface area (Å²) in [7, 11) is -0.746. The summed E-state index contributed by atoms with van der Waals surface area (Å²) >= 11 is 0. The van der Waals surface area contributed by atoms with Gasteiger partial charge in [0.25, 0.3) is 5.91 Å². The second-order valence-corrected chi connectivity index (χ2v) is 9.65. The third-order valence-corrected chi connectivity index (χ3v) is 6.95. The third-order valence-electron chi connectivity index (χ3n) is 5.14. The molecule has 30 heavy (non-hydrogen) atoms. The predicted molar refractivity (Wildman–Crippen MR) is 114 cm³/mol. The van der Waals surface area contributed by atoms with Gasteiger partial charge in [-0.15, -0.1) is 0 Å². The fourth-order valence-electron chi connectivity index (χ4n) is 3.53. The molecule has 0 bridgehead atoms. The normalized spacial score (nSPS) is 17.2. The highest BCUT2D eigenvalue weighted by atomic mass is 32.2. The van der Waals surface area contributed by atoms with Crippen molar-refractivity contribution < 1.29 is 18.0 Å². The number of benzene rings is 2. The quantitative estimate of drug-likeness (QED) is 0.693. The van der Waals surface area contributed by atoms with Crippen molar-refractivity contribution in [3.63, 3.8) is 0 Å². The molecule has 1 saturated heterocycles. The number of primary amides is 1. The van der Waals surface area contributed by atoms with Crippen molar-refractivity contribution in [1.82, 2.24) is 9.21 Å². The molecule has 8 nitrogen and oxygen atoms in total. The molecule has 3 rings (SSSR count). The van der Waals surface area contributed by atoms with Crippen LogP contribution in [0.3, 0.4) is 0 Å². The van der Waals surface area contributed by atoms with Crippen molar-refractivity contribution in [2.45, 2.75) is 30.3 Å². The molecule has 0 spiro atoms. The molecule has 2 aromatic rings. The lowest BCUT2D eigenvalue weighted by molar-refractivity contribution is -0.122. The van der Waals surface area contributed by atoms with Gasteiger partial charge in [0.2, 0.25) is 15.9 Å². The largest absolute Gasteiger partial charge is 0.368 e. The lowest BCUT2D eigenvalue weighted by Crippen LogP contribution is -2.39. The van der Waals surface area contributed by atoms with Gasteiger partial charge in [-0.3, -0.25) is 14.5 Å². The maximum absolute atomic E-state index is 12.7. The van der Waals surface area contributed by atoms with Gasteiger partial charge in [0.05, 0.1) is 10.9 Å². The van der Waals surface area contributed by atoms with Crippen molar-refractivity contribution in [2.24, 2.45) is 5.73 Å². The molecule has 1 heterocycles. The minimum atomic E-state index is -3.63. The number of hydrogen-bond donors (Lipinski definition) is 2. The molecule has 1 aliphatic rings. The first-order valence-electron chi connectivity index (χ1n) is 9.65. The van der Waals surface area contributed by atoms with Gasteiger partial charge in [-0.25, -0.2) is 12.7 Å². The number of nitrogens with two attached hydrogens (primary N) is 1. The molecule has 2 aromatic carbocycles. The first-order chi connectivity index (χ1) is 14.2. The molecular weight excluding hydrogens is 404 g/mol. The standard InChI is InChI=1S/C21H26N4O4S/c1-24(2)30(28,29)18-9-4-7-16(13-18)21(27)23-17-8-3-6-15(12-17)14-25-11-5-10-19(25)20(22)26/h3-4,6-9,12-13,19H,5,10-11,14H2,1-2H3,(H2,22,26)(H,23,27). The summed E-state index contributed by atoms with van der Waals surface area (Å²) in [6.07, 6.45) is 1.69. The topological polar surface area (TPSA) is 113 Å². The van der Waals surface area contributed by atoms with Gasteiger partial charge in [0.1, 0.15) is 0 Å². The first-order valence-corrected chi connectivity index (χ1v) is 11.1. The maximum atomic E-state index is 12.7. The number of nitrogens with one attached hydrogen (secondary N) is 1. The Morgan fingerprint density at radius 3 is 2.60 bits per heavy atom. The SMILES string of the molecule is CN(C)S(=O)(=O)c1cccc(C(=O)Nc2cccc(CN3CCCC3C(N)=O)c2)c1. The number of amides is 2. The Balaban J connectivity index is 1.74. The van der Waals surface area contributed by atoms with Crippen molar-refractivity contribution in [1.29, 1.82) is 0 Å². The van der Waals surface area contributed by atoms with E-state index in [1.807, 2.05) is 23.1 Å². The molecule has 0 radical (unpaired) electrons. The van der Waals surface area contributed by atoms with Crippen LogP contribution in [0.4, 0.5) is 5.69 Å². The Bertz CT molecular complexity index is 1050. The van der Waals surface area contributed by atoms with Gasteiger partial charge in [0, 0.05) is 31.9 Å². The van der Waals surface area contributed by atoms with Gasteiger partial charge in [0.15, 0.2) is 0 Å². The highest BCUT2D eigenvalue weighted by Gasteiger charge is 2.28. The average molecular weight is 431 g/mol. The van der Waals surface area contributed by atoms with Crippen LogP contribution in [0.1, 0.15) is 28.8 Å². The van der Waals surface area contributed by atoms with Crippen molar-refractivity contribution >= 4 is 27.5 Å². The molecular formula is C21H26N4O4S. The Kier molecular flexibility index (Phi) is 6.55. The van der Waals surface area contributed by atoms with Gasteiger partial charge < -0.3 is 11.1 Å². The molecule has 0 aromatic heterocycles. The molecule has 1 aliphatic heterocycles. The van der Waals surface area contributed by atoms with E-state index in [1.54, 1.807) is 18.2 Å². The van der Waals surface area contributed by atoms with Crippen molar-refractivity contribution in [3.8, 4) is 0 Å². The van der Waals surface area contributed by atoms with Crippen LogP contribution in [-0.2, 0) is 21.4 Å². The maximum Gasteiger partial charge on any atom is 0.255 e. The Labute approximate surface area is 176 Å². The summed E-state index contributed by atoms with van der Waals surface area (Å²) in [5, 5.41) is 2.81. The molecule has 1 fully saturated rings. The van der Waals surface area contributed by atoms with Crippen LogP contribution >= 0.6 is 0 Å². The zero-order valence-corrected chi connectivity index (χ0v) is 17.9. The van der Waals surface area contributed by atoms with Crippen LogP contribution in [0, 0.1) is 0 Å². The number of rotatable bonds is 7. The monoisotopic (exact) mass is 430 g/mol. The fraction of sp³-hybridized carbons (Fsp3) is 0.333. The third kappa shape index (κ3) is 4.86. The number of likely N-dealkylation sites (tertiary alicyclic amines) is 1. The van der Waals surface area contributed by atoms with Crippen molar-refractivity contribution in [3.05, 3.63) is 59.7 Å². The number of sulfonamides is 1. The molecule has 9 heteroatoms. The Hall–Kier alpha value is -2.75. The molecule has 0 aliphatic carbocycles. The van der Waals surface area contributed by atoms with Crippen LogP contribution in [0.25, 0.3) is 0 Å². The van der Waals surface area contributed by atoms with Crippen LogP contribution in [0.2, 0.25) is 0 Å². The van der Waals surface area contributed by atoms with Crippen LogP contribution in [-0.4, -0.2) is 56.1 Å². The number of carbonyl (C=O) groups is 2. The van der Waals surface area contributed by atoms with Gasteiger partial charge in [-0.1, -0.05) is 18.2 Å². The average Bonchev–Trinajstić information content (AvgIpc) is 3.16. The van der Waals surface area contributed by atoms with E-state index in [9.17, 15) is 18.0 Å². The second kappa shape index (κ2) is 8.95. The van der Waals surface area contributed by atoms with Crippen LogP contribution in [0.5, 0.6) is 0 Å². The highest BCUT2D eigenvalue weighted by Crippen LogP contribution is 2.22. The number of anilines is 1. The van der Waals surface area contributed by atoms with E-state index in [-0.39, 0.29) is 22.4 Å². The zero-order chi connectivity index (χ0) is 21.9. The summed E-state index contributed by atoms with van der Waals surface area (Å²) in [4.78, 5) is 26.4. The van der Waals surface area contributed by atoms with E-state index in [0.29, 0.717) is 12.2 Å². The minimum Gasteiger partial charge on any atom is -0.368 e. The Morgan fingerprint density at radius 1 is 1.17 bits per heavy atom. The fourth-order valence-corrected chi connectivity index (χ4v) is 4.48. The highest BCUT2D eigenvalue weighted by molar-refractivity contribution is 7.89. The summed E-state index contributed by atoms with van der Waals surface area (Å²) in [6.45, 7) is 1.37. The minimum absolute atomic E-state index is 0.0560. The van der Waals surface area contributed by atoms with Gasteiger partial charge in [-0.2, -0.15) is 0 Å². The Morgan fingerprint density at radius 2 is 1.90 bits per heavy atom. The summed E-state index contributed by atoms with van der Waals surface area (Å²) in [5.74, 6) is -0.719. The second-order valence-electron chi connectivity index (χ2n) is 7.50. The lowest BCUT2D eigenvalue weighted by Gasteiger charge is -2.22.